The number of hydrogen-bond donors (Lipinski definition) is 1. The Hall–Kier alpha value is -3.71. The summed E-state index contributed by atoms with van der Waals surface area (Å²) < 4.78 is 24.4. The lowest BCUT2D eigenvalue weighted by Crippen LogP contribution is -1.98. The number of nitrogens with one attached hydrogen (secondary N) is 1. The molecule has 0 saturated carbocycles. The molecule has 1 N–H and O–H groups in total. The number of hydrogen-bond acceptors (Lipinski definition) is 6. The summed E-state index contributed by atoms with van der Waals surface area (Å²) in [7, 11) is 1.61. The van der Waals surface area contributed by atoms with E-state index in [1.165, 1.54) is 23.5 Å². The number of anilines is 1. The van der Waals surface area contributed by atoms with Crippen LogP contribution in [0.4, 0.5) is 9.52 Å². The van der Waals surface area contributed by atoms with Crippen molar-refractivity contribution in [1.29, 1.82) is 0 Å². The highest BCUT2D eigenvalue weighted by Crippen LogP contribution is 2.29. The van der Waals surface area contributed by atoms with Gasteiger partial charge in [0, 0.05) is 10.9 Å². The minimum atomic E-state index is -0.270. The molecule has 0 amide bonds. The standard InChI is InChI=1S/C24H20FN3O2S/c1-29-23-13-18(7-12-22(23)30-15-17-5-3-2-4-6-17)14-26-28-24-27-21(16-31-24)19-8-10-20(25)11-9-19/h2-14,16H,15H2,1H3,(H,27,28)/b26-14-. The van der Waals surface area contributed by atoms with Crippen molar-refractivity contribution in [3.05, 3.63) is 95.1 Å². The third-order valence-electron chi connectivity index (χ3n) is 4.44. The topological polar surface area (TPSA) is 55.7 Å². The molecule has 3 aromatic carbocycles. The minimum Gasteiger partial charge on any atom is -0.493 e. The van der Waals surface area contributed by atoms with Crippen LogP contribution < -0.4 is 14.9 Å². The van der Waals surface area contributed by atoms with Crippen molar-refractivity contribution in [2.24, 2.45) is 5.10 Å². The maximum absolute atomic E-state index is 13.1. The summed E-state index contributed by atoms with van der Waals surface area (Å²) in [6.07, 6.45) is 1.68. The van der Waals surface area contributed by atoms with Crippen LogP contribution in [0.2, 0.25) is 0 Å². The Morgan fingerprint density at radius 1 is 1.03 bits per heavy atom. The number of methoxy groups -OCH3 is 1. The summed E-state index contributed by atoms with van der Waals surface area (Å²) >= 11 is 1.42. The number of hydrazone groups is 1. The van der Waals surface area contributed by atoms with Gasteiger partial charge in [-0.2, -0.15) is 5.10 Å². The Balaban J connectivity index is 1.38. The van der Waals surface area contributed by atoms with E-state index in [-0.39, 0.29) is 5.82 Å². The van der Waals surface area contributed by atoms with E-state index in [0.717, 1.165) is 22.4 Å². The summed E-state index contributed by atoms with van der Waals surface area (Å²) in [6.45, 7) is 0.465. The molecule has 0 radical (unpaired) electrons. The Labute approximate surface area is 183 Å². The van der Waals surface area contributed by atoms with E-state index in [1.54, 1.807) is 25.5 Å². The fourth-order valence-electron chi connectivity index (χ4n) is 2.86. The van der Waals surface area contributed by atoms with Crippen LogP contribution in [0.25, 0.3) is 11.3 Å². The predicted octanol–water partition coefficient (Wildman–Crippen LogP) is 5.98. The average molecular weight is 434 g/mol. The lowest BCUT2D eigenvalue weighted by Gasteiger charge is -2.11. The van der Waals surface area contributed by atoms with Gasteiger partial charge < -0.3 is 9.47 Å². The fourth-order valence-corrected chi connectivity index (χ4v) is 3.53. The van der Waals surface area contributed by atoms with Crippen LogP contribution in [0.3, 0.4) is 0 Å². The third kappa shape index (κ3) is 5.46. The fraction of sp³-hybridized carbons (Fsp3) is 0.0833. The van der Waals surface area contributed by atoms with Gasteiger partial charge in [-0.25, -0.2) is 9.37 Å². The summed E-state index contributed by atoms with van der Waals surface area (Å²) in [5.41, 5.74) is 6.48. The molecule has 0 aliphatic heterocycles. The van der Waals surface area contributed by atoms with Gasteiger partial charge in [0.1, 0.15) is 12.4 Å². The van der Waals surface area contributed by atoms with Gasteiger partial charge in [0.25, 0.3) is 0 Å². The van der Waals surface area contributed by atoms with E-state index in [2.05, 4.69) is 15.5 Å². The second-order valence-corrected chi connectivity index (χ2v) is 7.46. The van der Waals surface area contributed by atoms with Crippen molar-refractivity contribution < 1.29 is 13.9 Å². The highest BCUT2D eigenvalue weighted by Gasteiger charge is 2.06. The number of rotatable bonds is 8. The maximum atomic E-state index is 13.1. The molecule has 1 aromatic heterocycles. The van der Waals surface area contributed by atoms with Gasteiger partial charge in [0.15, 0.2) is 11.5 Å². The zero-order valence-electron chi connectivity index (χ0n) is 16.8. The average Bonchev–Trinajstić information content (AvgIpc) is 3.28. The van der Waals surface area contributed by atoms with Crippen LogP contribution in [0.5, 0.6) is 11.5 Å². The molecule has 4 rings (SSSR count). The van der Waals surface area contributed by atoms with E-state index in [1.807, 2.05) is 53.9 Å². The predicted molar refractivity (Wildman–Crippen MR) is 122 cm³/mol. The molecule has 5 nitrogen and oxygen atoms in total. The summed E-state index contributed by atoms with van der Waals surface area (Å²) in [6, 6.07) is 21.8. The number of benzene rings is 3. The van der Waals surface area contributed by atoms with E-state index >= 15 is 0 Å². The number of halogens is 1. The Morgan fingerprint density at radius 3 is 2.61 bits per heavy atom. The summed E-state index contributed by atoms with van der Waals surface area (Å²) in [5, 5.41) is 6.79. The van der Waals surface area contributed by atoms with Gasteiger partial charge in [0.2, 0.25) is 5.13 Å². The Morgan fingerprint density at radius 2 is 1.84 bits per heavy atom. The Bertz CT molecular complexity index is 1160. The number of thiazole rings is 1. The molecule has 1 heterocycles. The van der Waals surface area contributed by atoms with Crippen molar-refractivity contribution in [1.82, 2.24) is 4.98 Å². The van der Waals surface area contributed by atoms with Gasteiger partial charge in [-0.05, 0) is 53.6 Å². The van der Waals surface area contributed by atoms with Crippen molar-refractivity contribution in [2.75, 3.05) is 12.5 Å². The quantitative estimate of drug-likeness (QED) is 0.274. The molecule has 0 fully saturated rings. The maximum Gasteiger partial charge on any atom is 0.203 e. The molecule has 4 aromatic rings. The zero-order valence-corrected chi connectivity index (χ0v) is 17.6. The molecule has 0 bridgehead atoms. The molecule has 156 valence electrons. The van der Waals surface area contributed by atoms with E-state index in [0.29, 0.717) is 23.2 Å². The van der Waals surface area contributed by atoms with Crippen LogP contribution in [-0.2, 0) is 6.61 Å². The number of ether oxygens (including phenoxy) is 2. The van der Waals surface area contributed by atoms with Gasteiger partial charge in [-0.3, -0.25) is 5.43 Å². The molecule has 0 atom stereocenters. The third-order valence-corrected chi connectivity index (χ3v) is 5.19. The first kappa shape index (κ1) is 20.6. The molecular weight excluding hydrogens is 413 g/mol. The van der Waals surface area contributed by atoms with Crippen LogP contribution >= 0.6 is 11.3 Å². The summed E-state index contributed by atoms with van der Waals surface area (Å²) in [5.74, 6) is 1.03. The van der Waals surface area contributed by atoms with Crippen LogP contribution in [0.1, 0.15) is 11.1 Å². The van der Waals surface area contributed by atoms with Crippen molar-refractivity contribution in [2.45, 2.75) is 6.61 Å². The highest BCUT2D eigenvalue weighted by molar-refractivity contribution is 7.14. The van der Waals surface area contributed by atoms with Gasteiger partial charge in [-0.1, -0.05) is 30.3 Å². The summed E-state index contributed by atoms with van der Waals surface area (Å²) in [4.78, 5) is 4.47. The number of nitrogens with zero attached hydrogens (tertiary/aromatic N) is 2. The number of aromatic nitrogens is 1. The largest absolute Gasteiger partial charge is 0.493 e. The molecule has 0 aliphatic carbocycles. The van der Waals surface area contributed by atoms with Gasteiger partial charge in [-0.15, -0.1) is 11.3 Å². The molecular formula is C24H20FN3O2S. The van der Waals surface area contributed by atoms with Gasteiger partial charge in [0.05, 0.1) is 19.0 Å². The SMILES string of the molecule is COc1cc(/C=N\Nc2nc(-c3ccc(F)cc3)cs2)ccc1OCc1ccccc1. The lowest BCUT2D eigenvalue weighted by molar-refractivity contribution is 0.284. The lowest BCUT2D eigenvalue weighted by atomic mass is 10.2. The van der Waals surface area contributed by atoms with Gasteiger partial charge >= 0.3 is 0 Å². The molecule has 0 saturated heterocycles. The van der Waals surface area contributed by atoms with Crippen LogP contribution in [-0.4, -0.2) is 18.3 Å². The first-order valence-electron chi connectivity index (χ1n) is 9.56. The first-order valence-corrected chi connectivity index (χ1v) is 10.4. The van der Waals surface area contributed by atoms with E-state index < -0.39 is 0 Å². The molecule has 0 aliphatic rings. The van der Waals surface area contributed by atoms with Crippen LogP contribution in [0, 0.1) is 5.82 Å². The second kappa shape index (κ2) is 9.86. The molecule has 7 heteroatoms. The minimum absolute atomic E-state index is 0.270. The first-order chi connectivity index (χ1) is 15.2. The monoisotopic (exact) mass is 433 g/mol. The van der Waals surface area contributed by atoms with E-state index in [9.17, 15) is 4.39 Å². The van der Waals surface area contributed by atoms with Crippen LogP contribution in [0.15, 0.2) is 83.3 Å². The van der Waals surface area contributed by atoms with Crippen molar-refractivity contribution in [3.8, 4) is 22.8 Å². The Kier molecular flexibility index (Phi) is 6.54. The zero-order chi connectivity index (χ0) is 21.5. The highest BCUT2D eigenvalue weighted by atomic mass is 32.1. The smallest absolute Gasteiger partial charge is 0.203 e. The van der Waals surface area contributed by atoms with Crippen molar-refractivity contribution >= 4 is 22.7 Å². The van der Waals surface area contributed by atoms with Crippen molar-refractivity contribution in [3.63, 3.8) is 0 Å². The molecule has 0 unspecified atom stereocenters. The molecule has 0 spiro atoms. The molecule has 31 heavy (non-hydrogen) atoms. The van der Waals surface area contributed by atoms with E-state index in [4.69, 9.17) is 9.47 Å². The normalized spacial score (nSPS) is 10.9. The second-order valence-electron chi connectivity index (χ2n) is 6.60.